The van der Waals surface area contributed by atoms with Gasteiger partial charge < -0.3 is 9.13 Å². The summed E-state index contributed by atoms with van der Waals surface area (Å²) in [7, 11) is 0. The minimum Gasteiger partial charge on any atom is -0.309 e. The highest BCUT2D eigenvalue weighted by Gasteiger charge is 2.20. The summed E-state index contributed by atoms with van der Waals surface area (Å²) in [4.78, 5) is 15.9. The van der Waals surface area contributed by atoms with Gasteiger partial charge >= 0.3 is 0 Å². The molecule has 15 rings (SSSR count). The SMILES string of the molecule is c1cc(-c2cccc(-n3c4ccccc4c4cc(-n5c6ccccc6c6ccccc65)ccc43)n2)nc(-c2cccc(-n3c4ccccc4c4cc(-n5c6ccccc6c6ccccc65)ccc43)n2)c1. The number of hydrogen-bond acceptors (Lipinski definition) is 3. The van der Waals surface area contributed by atoms with Crippen LogP contribution in [0.25, 0.3) is 133 Å². The predicted octanol–water partition coefficient (Wildman–Crippen LogP) is 15.6. The molecule has 0 saturated heterocycles. The summed E-state index contributed by atoms with van der Waals surface area (Å²) in [5.74, 6) is 1.65. The topological polar surface area (TPSA) is 58.4 Å². The third-order valence-electron chi connectivity index (χ3n) is 14.2. The standard InChI is InChI=1S/C63H39N7/c1-7-26-54-42(16-1)43-17-2-8-27-55(43)67(54)40-34-36-60-48(38-40)46-20-5-11-30-58(46)69(60)62-32-14-24-52(65-62)50-22-13-23-51(64-50)53-25-15-33-63(66-53)70-59-31-12-6-21-47(59)49-39-41(35-37-61(49)70)68-56-28-9-3-18-44(56)45-19-4-10-29-57(45)68/h1-39H. The number of para-hydroxylation sites is 6. The molecule has 15 aromatic rings. The molecule has 326 valence electrons. The van der Waals surface area contributed by atoms with E-state index >= 15 is 0 Å². The minimum atomic E-state index is 0.774. The first-order chi connectivity index (χ1) is 34.7. The lowest BCUT2D eigenvalue weighted by molar-refractivity contribution is 1.07. The van der Waals surface area contributed by atoms with Gasteiger partial charge in [0.2, 0.25) is 0 Å². The van der Waals surface area contributed by atoms with Crippen molar-refractivity contribution in [1.82, 2.24) is 33.2 Å². The van der Waals surface area contributed by atoms with Crippen LogP contribution in [0, 0.1) is 0 Å². The van der Waals surface area contributed by atoms with Gasteiger partial charge in [-0.15, -0.1) is 0 Å². The van der Waals surface area contributed by atoms with E-state index in [1.54, 1.807) is 0 Å². The Hall–Kier alpha value is -9.59. The van der Waals surface area contributed by atoms with Crippen molar-refractivity contribution in [2.24, 2.45) is 0 Å². The maximum absolute atomic E-state index is 5.33. The van der Waals surface area contributed by atoms with Crippen molar-refractivity contribution in [2.45, 2.75) is 0 Å². The zero-order valence-electron chi connectivity index (χ0n) is 37.6. The molecule has 0 radical (unpaired) electrons. The Bertz CT molecular complexity index is 4220. The number of aromatic nitrogens is 7. The van der Waals surface area contributed by atoms with E-state index in [4.69, 9.17) is 15.0 Å². The molecule has 7 aromatic heterocycles. The van der Waals surface area contributed by atoms with E-state index in [-0.39, 0.29) is 0 Å². The van der Waals surface area contributed by atoms with Gasteiger partial charge in [-0.2, -0.15) is 0 Å². The molecule has 0 atom stereocenters. The van der Waals surface area contributed by atoms with Crippen LogP contribution in [0.5, 0.6) is 0 Å². The molecule has 8 aromatic carbocycles. The Kier molecular flexibility index (Phi) is 8.23. The third-order valence-corrected chi connectivity index (χ3v) is 14.2. The van der Waals surface area contributed by atoms with Gasteiger partial charge in [0.1, 0.15) is 11.6 Å². The van der Waals surface area contributed by atoms with E-state index in [0.29, 0.717) is 0 Å². The van der Waals surface area contributed by atoms with Gasteiger partial charge in [-0.1, -0.05) is 127 Å². The van der Waals surface area contributed by atoms with Crippen molar-refractivity contribution < 1.29 is 0 Å². The van der Waals surface area contributed by atoms with E-state index in [9.17, 15) is 0 Å². The smallest absolute Gasteiger partial charge is 0.138 e. The van der Waals surface area contributed by atoms with E-state index in [2.05, 4.69) is 225 Å². The minimum absolute atomic E-state index is 0.774. The van der Waals surface area contributed by atoms with Crippen molar-refractivity contribution in [3.8, 4) is 45.8 Å². The Morgan fingerprint density at radius 3 is 0.829 bits per heavy atom. The quantitative estimate of drug-likeness (QED) is 0.167. The van der Waals surface area contributed by atoms with Crippen LogP contribution in [0.15, 0.2) is 237 Å². The first-order valence-corrected chi connectivity index (χ1v) is 23.7. The van der Waals surface area contributed by atoms with Gasteiger partial charge in [0.05, 0.1) is 66.9 Å². The molecule has 0 bridgehead atoms. The first-order valence-electron chi connectivity index (χ1n) is 23.7. The van der Waals surface area contributed by atoms with E-state index in [1.807, 2.05) is 30.3 Å². The second-order valence-corrected chi connectivity index (χ2v) is 18.0. The molecule has 7 heterocycles. The van der Waals surface area contributed by atoms with Crippen molar-refractivity contribution in [3.63, 3.8) is 0 Å². The maximum Gasteiger partial charge on any atom is 0.138 e. The normalized spacial score (nSPS) is 12.0. The largest absolute Gasteiger partial charge is 0.309 e. The average molecular weight is 894 g/mol. The van der Waals surface area contributed by atoms with Gasteiger partial charge in [-0.25, -0.2) is 15.0 Å². The van der Waals surface area contributed by atoms with Gasteiger partial charge in [0, 0.05) is 54.5 Å². The molecule has 70 heavy (non-hydrogen) atoms. The maximum atomic E-state index is 5.33. The summed E-state index contributed by atoms with van der Waals surface area (Å²) in [6.45, 7) is 0. The van der Waals surface area contributed by atoms with Crippen molar-refractivity contribution in [3.05, 3.63) is 237 Å². The lowest BCUT2D eigenvalue weighted by Crippen LogP contribution is -2.01. The molecule has 0 N–H and O–H groups in total. The molecule has 0 aliphatic heterocycles. The highest BCUT2D eigenvalue weighted by atomic mass is 15.1. The highest BCUT2D eigenvalue weighted by Crippen LogP contribution is 2.39. The van der Waals surface area contributed by atoms with Gasteiger partial charge in [0.15, 0.2) is 0 Å². The average Bonchev–Trinajstić information content (AvgIpc) is 4.16. The van der Waals surface area contributed by atoms with Crippen LogP contribution in [0.2, 0.25) is 0 Å². The summed E-state index contributed by atoms with van der Waals surface area (Å²) < 4.78 is 9.31. The molecule has 0 aliphatic carbocycles. The Labute approximate surface area is 401 Å². The summed E-state index contributed by atoms with van der Waals surface area (Å²) in [5, 5.41) is 9.66. The fraction of sp³-hybridized carbons (Fsp3) is 0. The molecule has 0 unspecified atom stereocenters. The molecule has 0 fully saturated rings. The van der Waals surface area contributed by atoms with E-state index < -0.39 is 0 Å². The third kappa shape index (κ3) is 5.66. The Balaban J connectivity index is 0.813. The Morgan fingerprint density at radius 2 is 0.471 bits per heavy atom. The van der Waals surface area contributed by atoms with Crippen LogP contribution in [0.1, 0.15) is 0 Å². The molecule has 0 spiro atoms. The predicted molar refractivity (Wildman–Crippen MR) is 288 cm³/mol. The van der Waals surface area contributed by atoms with Crippen molar-refractivity contribution in [2.75, 3.05) is 0 Å². The van der Waals surface area contributed by atoms with Gasteiger partial charge in [-0.3, -0.25) is 9.13 Å². The number of pyridine rings is 3. The lowest BCUT2D eigenvalue weighted by Gasteiger charge is -2.12. The molecule has 0 aliphatic rings. The van der Waals surface area contributed by atoms with Crippen LogP contribution in [0.4, 0.5) is 0 Å². The van der Waals surface area contributed by atoms with E-state index in [1.165, 1.54) is 65.2 Å². The van der Waals surface area contributed by atoms with Crippen molar-refractivity contribution >= 4 is 87.2 Å². The molecular formula is C63H39N7. The van der Waals surface area contributed by atoms with Crippen LogP contribution in [-0.4, -0.2) is 33.2 Å². The number of hydrogen-bond donors (Lipinski definition) is 0. The summed E-state index contributed by atoms with van der Waals surface area (Å²) in [6, 6.07) is 84.0. The fourth-order valence-corrected chi connectivity index (χ4v) is 11.2. The number of fused-ring (bicyclic) bond motifs is 12. The molecule has 7 nitrogen and oxygen atoms in total. The molecule has 0 amide bonds. The zero-order valence-corrected chi connectivity index (χ0v) is 37.6. The van der Waals surface area contributed by atoms with Gasteiger partial charge in [-0.05, 0) is 109 Å². The first kappa shape index (κ1) is 38.5. The molecule has 0 saturated carbocycles. The Morgan fingerprint density at radius 1 is 0.200 bits per heavy atom. The van der Waals surface area contributed by atoms with Crippen LogP contribution >= 0.6 is 0 Å². The number of nitrogens with zero attached hydrogens (tertiary/aromatic N) is 7. The van der Waals surface area contributed by atoms with Crippen LogP contribution < -0.4 is 0 Å². The molecular weight excluding hydrogens is 855 g/mol. The second kappa shape index (κ2) is 15.0. The second-order valence-electron chi connectivity index (χ2n) is 18.0. The van der Waals surface area contributed by atoms with Gasteiger partial charge in [0.25, 0.3) is 0 Å². The van der Waals surface area contributed by atoms with Crippen LogP contribution in [0.3, 0.4) is 0 Å². The zero-order chi connectivity index (χ0) is 45.9. The summed E-state index contributed by atoms with van der Waals surface area (Å²) in [6.07, 6.45) is 0. The van der Waals surface area contributed by atoms with Crippen molar-refractivity contribution in [1.29, 1.82) is 0 Å². The number of rotatable bonds is 6. The number of benzene rings is 8. The molecule has 7 heteroatoms. The summed E-state index contributed by atoms with van der Waals surface area (Å²) in [5.41, 5.74) is 14.5. The highest BCUT2D eigenvalue weighted by molar-refractivity contribution is 6.14. The summed E-state index contributed by atoms with van der Waals surface area (Å²) >= 11 is 0. The van der Waals surface area contributed by atoms with Crippen LogP contribution in [-0.2, 0) is 0 Å². The lowest BCUT2D eigenvalue weighted by atomic mass is 10.1. The van der Waals surface area contributed by atoms with E-state index in [0.717, 1.165) is 67.9 Å². The fourth-order valence-electron chi connectivity index (χ4n) is 11.2. The monoisotopic (exact) mass is 893 g/mol.